The predicted octanol–water partition coefficient (Wildman–Crippen LogP) is 2.35. The van der Waals surface area contributed by atoms with Gasteiger partial charge in [0.25, 0.3) is 0 Å². The van der Waals surface area contributed by atoms with E-state index in [1.807, 2.05) is 31.4 Å². The fourth-order valence-electron chi connectivity index (χ4n) is 1.38. The fourth-order valence-corrected chi connectivity index (χ4v) is 2.07. The van der Waals surface area contributed by atoms with Gasteiger partial charge in [0.05, 0.1) is 6.61 Å². The van der Waals surface area contributed by atoms with Crippen LogP contribution in [0.15, 0.2) is 17.5 Å². The number of hydrogen-bond acceptors (Lipinski definition) is 4. The van der Waals surface area contributed by atoms with Crippen molar-refractivity contribution in [2.75, 3.05) is 6.61 Å². The van der Waals surface area contributed by atoms with Gasteiger partial charge in [-0.05, 0) is 24.3 Å². The van der Waals surface area contributed by atoms with E-state index >= 15 is 0 Å². The number of carbonyl (C=O) groups is 1. The molecule has 2 N–H and O–H groups in total. The molecule has 1 aromatic heterocycles. The van der Waals surface area contributed by atoms with E-state index in [1.54, 1.807) is 11.3 Å². The Morgan fingerprint density at radius 3 is 2.69 bits per heavy atom. The Hall–Kier alpha value is -0.870. The first-order valence-corrected chi connectivity index (χ1v) is 6.49. The quantitative estimate of drug-likeness (QED) is 0.778. The monoisotopic (exact) mass is 241 g/mol. The Bertz CT molecular complexity index is 318. The molecule has 4 heteroatoms. The summed E-state index contributed by atoms with van der Waals surface area (Å²) in [6.45, 7) is 4.23. The van der Waals surface area contributed by atoms with Crippen LogP contribution in [-0.2, 0) is 16.0 Å². The van der Waals surface area contributed by atoms with Gasteiger partial charge in [-0.3, -0.25) is 4.79 Å². The van der Waals surface area contributed by atoms with E-state index in [-0.39, 0.29) is 5.97 Å². The number of carbonyl (C=O) groups excluding carboxylic acids is 1. The van der Waals surface area contributed by atoms with Crippen LogP contribution in [0.2, 0.25) is 0 Å². The molecule has 1 aromatic rings. The van der Waals surface area contributed by atoms with Crippen molar-refractivity contribution in [1.82, 2.24) is 0 Å². The molecular weight excluding hydrogens is 222 g/mol. The van der Waals surface area contributed by atoms with E-state index in [9.17, 15) is 4.79 Å². The highest BCUT2D eigenvalue weighted by Crippen LogP contribution is 2.14. The van der Waals surface area contributed by atoms with E-state index in [1.165, 1.54) is 4.88 Å². The summed E-state index contributed by atoms with van der Waals surface area (Å²) in [4.78, 5) is 12.9. The van der Waals surface area contributed by atoms with E-state index in [2.05, 4.69) is 0 Å². The summed E-state index contributed by atoms with van der Waals surface area (Å²) in [6.07, 6.45) is 2.00. The van der Waals surface area contributed by atoms with Crippen molar-refractivity contribution < 1.29 is 9.53 Å². The van der Waals surface area contributed by atoms with Gasteiger partial charge in [-0.15, -0.1) is 11.3 Å². The second-order valence-electron chi connectivity index (χ2n) is 3.83. The third kappa shape index (κ3) is 3.32. The third-order valence-corrected chi connectivity index (χ3v) is 3.77. The molecule has 0 spiro atoms. The van der Waals surface area contributed by atoms with Gasteiger partial charge in [0.2, 0.25) is 0 Å². The van der Waals surface area contributed by atoms with Crippen molar-refractivity contribution in [2.24, 2.45) is 5.73 Å². The van der Waals surface area contributed by atoms with Crippen LogP contribution in [-0.4, -0.2) is 18.1 Å². The molecule has 0 aliphatic carbocycles. The summed E-state index contributed by atoms with van der Waals surface area (Å²) in [5.41, 5.74) is 5.12. The molecule has 0 fully saturated rings. The lowest BCUT2D eigenvalue weighted by molar-refractivity contribution is -0.150. The van der Waals surface area contributed by atoms with E-state index in [0.717, 1.165) is 6.42 Å². The smallest absolute Gasteiger partial charge is 0.326 e. The second kappa shape index (κ2) is 6.01. The van der Waals surface area contributed by atoms with Crippen LogP contribution in [0.5, 0.6) is 0 Å². The minimum absolute atomic E-state index is 0.283. The zero-order valence-electron chi connectivity index (χ0n) is 9.86. The fraction of sp³-hybridized carbons (Fsp3) is 0.583. The summed E-state index contributed by atoms with van der Waals surface area (Å²) in [5.74, 6) is -0.283. The number of hydrogen-bond donors (Lipinski definition) is 1. The first kappa shape index (κ1) is 13.2. The van der Waals surface area contributed by atoms with Gasteiger partial charge < -0.3 is 10.5 Å². The maximum absolute atomic E-state index is 11.7. The number of ether oxygens (including phenoxy) is 1. The topological polar surface area (TPSA) is 52.3 Å². The van der Waals surface area contributed by atoms with Crippen molar-refractivity contribution in [3.8, 4) is 0 Å². The molecule has 90 valence electrons. The van der Waals surface area contributed by atoms with Crippen molar-refractivity contribution in [3.05, 3.63) is 22.4 Å². The Kier molecular flexibility index (Phi) is 4.96. The molecule has 0 saturated carbocycles. The van der Waals surface area contributed by atoms with Crippen LogP contribution in [0.25, 0.3) is 0 Å². The van der Waals surface area contributed by atoms with Crippen molar-refractivity contribution >= 4 is 17.3 Å². The van der Waals surface area contributed by atoms with Crippen LogP contribution in [0.4, 0.5) is 0 Å². The third-order valence-electron chi connectivity index (χ3n) is 2.83. The second-order valence-corrected chi connectivity index (χ2v) is 4.86. The molecule has 0 radical (unpaired) electrons. The van der Waals surface area contributed by atoms with E-state index < -0.39 is 5.54 Å². The summed E-state index contributed by atoms with van der Waals surface area (Å²) in [6, 6.07) is 4.03. The maximum atomic E-state index is 11.7. The Morgan fingerprint density at radius 2 is 2.19 bits per heavy atom. The number of rotatable bonds is 6. The molecule has 0 amide bonds. The first-order valence-electron chi connectivity index (χ1n) is 5.61. The molecule has 1 rings (SSSR count). The highest BCUT2D eigenvalue weighted by Gasteiger charge is 2.31. The Labute approximate surface area is 101 Å². The van der Waals surface area contributed by atoms with E-state index in [4.69, 9.17) is 10.5 Å². The van der Waals surface area contributed by atoms with Gasteiger partial charge in [0, 0.05) is 11.3 Å². The normalized spacial score (nSPS) is 11.4. The van der Waals surface area contributed by atoms with E-state index in [0.29, 0.717) is 19.4 Å². The van der Waals surface area contributed by atoms with Crippen LogP contribution in [0, 0.1) is 0 Å². The lowest BCUT2D eigenvalue weighted by Gasteiger charge is -2.23. The largest absolute Gasteiger partial charge is 0.464 e. The van der Waals surface area contributed by atoms with Gasteiger partial charge in [-0.1, -0.05) is 19.9 Å². The maximum Gasteiger partial charge on any atom is 0.326 e. The molecule has 0 bridgehead atoms. The molecule has 0 aliphatic heterocycles. The van der Waals surface area contributed by atoms with Crippen LogP contribution in [0.1, 0.15) is 31.6 Å². The molecule has 3 nitrogen and oxygen atoms in total. The molecule has 0 unspecified atom stereocenters. The van der Waals surface area contributed by atoms with Crippen LogP contribution < -0.4 is 5.73 Å². The standard InChI is InChI=1S/C12H19NO2S/c1-3-12(13,4-2)11(14)15-8-7-10-6-5-9-16-10/h5-6,9H,3-4,7-8,13H2,1-2H3. The molecular formula is C12H19NO2S. The average Bonchev–Trinajstić information content (AvgIpc) is 2.80. The lowest BCUT2D eigenvalue weighted by Crippen LogP contribution is -2.48. The SMILES string of the molecule is CCC(N)(CC)C(=O)OCCc1cccs1. The highest BCUT2D eigenvalue weighted by molar-refractivity contribution is 7.09. The molecule has 0 aromatic carbocycles. The van der Waals surface area contributed by atoms with Crippen LogP contribution >= 0.6 is 11.3 Å². The summed E-state index contributed by atoms with van der Waals surface area (Å²) >= 11 is 1.67. The van der Waals surface area contributed by atoms with Gasteiger partial charge >= 0.3 is 5.97 Å². The lowest BCUT2D eigenvalue weighted by atomic mass is 9.95. The predicted molar refractivity (Wildman–Crippen MR) is 66.5 cm³/mol. The van der Waals surface area contributed by atoms with Gasteiger partial charge in [-0.25, -0.2) is 0 Å². The summed E-state index contributed by atoms with van der Waals surface area (Å²) < 4.78 is 5.20. The number of nitrogens with two attached hydrogens (primary N) is 1. The molecule has 0 saturated heterocycles. The zero-order valence-corrected chi connectivity index (χ0v) is 10.7. The van der Waals surface area contributed by atoms with Crippen molar-refractivity contribution in [3.63, 3.8) is 0 Å². The Morgan fingerprint density at radius 1 is 1.50 bits per heavy atom. The van der Waals surface area contributed by atoms with Gasteiger partial charge in [0.15, 0.2) is 0 Å². The summed E-state index contributed by atoms with van der Waals surface area (Å²) in [7, 11) is 0. The zero-order chi connectivity index (χ0) is 12.0. The number of thiophene rings is 1. The van der Waals surface area contributed by atoms with Crippen LogP contribution in [0.3, 0.4) is 0 Å². The molecule has 16 heavy (non-hydrogen) atoms. The van der Waals surface area contributed by atoms with Crippen molar-refractivity contribution in [1.29, 1.82) is 0 Å². The molecule has 1 heterocycles. The number of esters is 1. The average molecular weight is 241 g/mol. The minimum Gasteiger partial charge on any atom is -0.464 e. The molecule has 0 aliphatic rings. The minimum atomic E-state index is -0.810. The Balaban J connectivity index is 2.35. The first-order chi connectivity index (χ1) is 7.62. The molecule has 0 atom stereocenters. The highest BCUT2D eigenvalue weighted by atomic mass is 32.1. The van der Waals surface area contributed by atoms with Gasteiger partial charge in [-0.2, -0.15) is 0 Å². The summed E-state index contributed by atoms with van der Waals surface area (Å²) in [5, 5.41) is 2.02. The van der Waals surface area contributed by atoms with Gasteiger partial charge in [0.1, 0.15) is 5.54 Å². The van der Waals surface area contributed by atoms with Crippen molar-refractivity contribution in [2.45, 2.75) is 38.6 Å².